The molecule has 0 amide bonds. The van der Waals surface area contributed by atoms with E-state index in [4.69, 9.17) is 5.26 Å². The van der Waals surface area contributed by atoms with Crippen LogP contribution < -0.4 is 9.64 Å². The highest BCUT2D eigenvalue weighted by atomic mass is 19.4. The van der Waals surface area contributed by atoms with Crippen molar-refractivity contribution in [2.75, 3.05) is 18.6 Å². The molecule has 0 radical (unpaired) electrons. The summed E-state index contributed by atoms with van der Waals surface area (Å²) in [6, 6.07) is 7.77. The number of benzene rings is 1. The van der Waals surface area contributed by atoms with Crippen molar-refractivity contribution < 1.29 is 31.1 Å². The minimum absolute atomic E-state index is 0.306. The van der Waals surface area contributed by atoms with Gasteiger partial charge in [0.1, 0.15) is 5.56 Å². The number of ether oxygens (including phenoxy) is 1. The van der Waals surface area contributed by atoms with Gasteiger partial charge in [-0.3, -0.25) is 0 Å². The third kappa shape index (κ3) is 4.75. The van der Waals surface area contributed by atoms with Gasteiger partial charge < -0.3 is 9.64 Å². The Bertz CT molecular complexity index is 811. The van der Waals surface area contributed by atoms with Gasteiger partial charge in [0.25, 0.3) is 0 Å². The minimum Gasteiger partial charge on any atom is -0.467 e. The van der Waals surface area contributed by atoms with Crippen molar-refractivity contribution in [3.63, 3.8) is 0 Å². The maximum Gasteiger partial charge on any atom is 0.423 e. The molecule has 138 valence electrons. The molecule has 0 fully saturated rings. The topological polar surface area (TPSA) is 62.0 Å². The van der Waals surface area contributed by atoms with E-state index in [1.807, 2.05) is 6.07 Å². The average molecular weight is 376 g/mol. The van der Waals surface area contributed by atoms with Crippen LogP contribution >= 0.6 is 0 Å². The van der Waals surface area contributed by atoms with E-state index in [9.17, 15) is 26.3 Å². The van der Waals surface area contributed by atoms with E-state index in [0.29, 0.717) is 17.4 Å². The number of nitriles is 1. The lowest BCUT2D eigenvalue weighted by Gasteiger charge is -2.20. The van der Waals surface area contributed by atoms with Gasteiger partial charge in [-0.2, -0.15) is 36.6 Å². The van der Waals surface area contributed by atoms with Gasteiger partial charge >= 0.3 is 12.4 Å². The maximum absolute atomic E-state index is 12.9. The number of hydrogen-bond acceptors (Lipinski definition) is 5. The van der Waals surface area contributed by atoms with Crippen LogP contribution in [0.4, 0.5) is 38.0 Å². The normalized spacial score (nSPS) is 11.8. The summed E-state index contributed by atoms with van der Waals surface area (Å²) in [6.07, 6.45) is -9.45. The maximum atomic E-state index is 12.9. The number of rotatable bonds is 4. The lowest BCUT2D eigenvalue weighted by atomic mass is 10.2. The Hall–Kier alpha value is -3.03. The van der Waals surface area contributed by atoms with E-state index in [2.05, 4.69) is 14.7 Å². The first-order valence-electron chi connectivity index (χ1n) is 6.89. The highest BCUT2D eigenvalue weighted by molar-refractivity contribution is 5.58. The van der Waals surface area contributed by atoms with Crippen LogP contribution in [-0.2, 0) is 6.18 Å². The molecule has 0 N–H and O–H groups in total. The number of nitrogens with zero attached hydrogens (tertiary/aromatic N) is 4. The Morgan fingerprint density at radius 2 is 1.73 bits per heavy atom. The van der Waals surface area contributed by atoms with Crippen LogP contribution in [0, 0.1) is 11.3 Å². The van der Waals surface area contributed by atoms with Gasteiger partial charge in [0.15, 0.2) is 6.61 Å². The molecule has 0 aliphatic carbocycles. The fourth-order valence-corrected chi connectivity index (χ4v) is 1.85. The Morgan fingerprint density at radius 1 is 1.12 bits per heavy atom. The Labute approximate surface area is 143 Å². The molecule has 11 heteroatoms. The largest absolute Gasteiger partial charge is 0.467 e. The lowest BCUT2D eigenvalue weighted by Crippen LogP contribution is -2.23. The molecular weight excluding hydrogens is 366 g/mol. The third-order valence-electron chi connectivity index (χ3n) is 3.10. The van der Waals surface area contributed by atoms with Gasteiger partial charge in [-0.25, -0.2) is 4.98 Å². The molecule has 5 nitrogen and oxygen atoms in total. The molecule has 0 saturated heterocycles. The van der Waals surface area contributed by atoms with E-state index in [-0.39, 0.29) is 5.95 Å². The molecular formula is C15H10F6N4O. The van der Waals surface area contributed by atoms with Gasteiger partial charge in [0, 0.05) is 18.9 Å². The predicted octanol–water partition coefficient (Wildman–Crippen LogP) is 4.08. The second kappa shape index (κ2) is 7.07. The summed E-state index contributed by atoms with van der Waals surface area (Å²) >= 11 is 0. The first kappa shape index (κ1) is 19.3. The zero-order valence-electron chi connectivity index (χ0n) is 13.1. The minimum atomic E-state index is -4.98. The van der Waals surface area contributed by atoms with E-state index >= 15 is 0 Å². The average Bonchev–Trinajstić information content (AvgIpc) is 2.57. The van der Waals surface area contributed by atoms with E-state index in [1.165, 1.54) is 36.2 Å². The summed E-state index contributed by atoms with van der Waals surface area (Å²) in [5.74, 6) is -1.53. The molecule has 0 atom stereocenters. The molecule has 0 spiro atoms. The van der Waals surface area contributed by atoms with Gasteiger partial charge in [0.05, 0.1) is 11.6 Å². The molecule has 2 rings (SSSR count). The van der Waals surface area contributed by atoms with Crippen molar-refractivity contribution in [3.8, 4) is 11.9 Å². The Balaban J connectivity index is 2.38. The second-order valence-electron chi connectivity index (χ2n) is 5.01. The summed E-state index contributed by atoms with van der Waals surface area (Å²) in [7, 11) is 1.40. The number of halogens is 6. The zero-order valence-corrected chi connectivity index (χ0v) is 13.1. The lowest BCUT2D eigenvalue weighted by molar-refractivity contribution is -0.159. The predicted molar refractivity (Wildman–Crippen MR) is 77.8 cm³/mol. The first-order chi connectivity index (χ1) is 12.0. The van der Waals surface area contributed by atoms with Gasteiger partial charge in [-0.1, -0.05) is 0 Å². The van der Waals surface area contributed by atoms with E-state index < -0.39 is 30.4 Å². The Kier molecular flexibility index (Phi) is 5.25. The van der Waals surface area contributed by atoms with Gasteiger partial charge in [-0.15, -0.1) is 0 Å². The first-order valence-corrected chi connectivity index (χ1v) is 6.89. The monoisotopic (exact) mass is 376 g/mol. The van der Waals surface area contributed by atoms with Crippen molar-refractivity contribution in [1.82, 2.24) is 9.97 Å². The summed E-state index contributed by atoms with van der Waals surface area (Å²) in [4.78, 5) is 8.24. The summed E-state index contributed by atoms with van der Waals surface area (Å²) < 4.78 is 79.8. The van der Waals surface area contributed by atoms with Crippen LogP contribution in [0.1, 0.15) is 11.1 Å². The molecule has 0 bridgehead atoms. The van der Waals surface area contributed by atoms with E-state index in [0.717, 1.165) is 0 Å². The van der Waals surface area contributed by atoms with Crippen LogP contribution in [0.3, 0.4) is 0 Å². The van der Waals surface area contributed by atoms with Crippen LogP contribution in [0.15, 0.2) is 30.5 Å². The highest BCUT2D eigenvalue weighted by Gasteiger charge is 2.38. The Morgan fingerprint density at radius 3 is 2.23 bits per heavy atom. The summed E-state index contributed by atoms with van der Waals surface area (Å²) in [5.41, 5.74) is -0.756. The SMILES string of the molecule is CN(c1ccc(C#N)cc1)c1ncc(C(F)(F)F)c(OCC(F)(F)F)n1. The highest BCUT2D eigenvalue weighted by Crippen LogP contribution is 2.36. The second-order valence-corrected chi connectivity index (χ2v) is 5.01. The molecule has 1 heterocycles. The fraction of sp³-hybridized carbons (Fsp3) is 0.267. The third-order valence-corrected chi connectivity index (χ3v) is 3.10. The molecule has 0 saturated carbocycles. The number of hydrogen-bond donors (Lipinski definition) is 0. The number of aromatic nitrogens is 2. The quantitative estimate of drug-likeness (QED) is 0.753. The van der Waals surface area contributed by atoms with Crippen LogP contribution in [0.2, 0.25) is 0 Å². The molecule has 2 aromatic rings. The van der Waals surface area contributed by atoms with Crippen molar-refractivity contribution in [3.05, 3.63) is 41.6 Å². The number of alkyl halides is 6. The number of anilines is 2. The molecule has 0 unspecified atom stereocenters. The molecule has 0 aliphatic rings. The van der Waals surface area contributed by atoms with Crippen LogP contribution in [0.5, 0.6) is 5.88 Å². The smallest absolute Gasteiger partial charge is 0.423 e. The fourth-order valence-electron chi connectivity index (χ4n) is 1.85. The van der Waals surface area contributed by atoms with Crippen molar-refractivity contribution in [1.29, 1.82) is 5.26 Å². The molecule has 26 heavy (non-hydrogen) atoms. The van der Waals surface area contributed by atoms with Crippen molar-refractivity contribution >= 4 is 11.6 Å². The van der Waals surface area contributed by atoms with Crippen molar-refractivity contribution in [2.24, 2.45) is 0 Å². The standard InChI is InChI=1S/C15H10F6N4O/c1-25(10-4-2-9(6-22)3-5-10)13-23-7-11(15(19,20)21)12(24-13)26-8-14(16,17)18/h2-5,7H,8H2,1H3. The van der Waals surface area contributed by atoms with E-state index in [1.54, 1.807) is 0 Å². The van der Waals surface area contributed by atoms with Crippen molar-refractivity contribution in [2.45, 2.75) is 12.4 Å². The van der Waals surface area contributed by atoms with Crippen LogP contribution in [0.25, 0.3) is 0 Å². The molecule has 1 aromatic carbocycles. The molecule has 0 aliphatic heterocycles. The molecule has 1 aromatic heterocycles. The van der Waals surface area contributed by atoms with Gasteiger partial charge in [-0.05, 0) is 24.3 Å². The van der Waals surface area contributed by atoms with Crippen LogP contribution in [-0.4, -0.2) is 29.8 Å². The summed E-state index contributed by atoms with van der Waals surface area (Å²) in [5, 5.41) is 8.75. The summed E-state index contributed by atoms with van der Waals surface area (Å²) in [6.45, 7) is -1.92. The zero-order chi connectivity index (χ0) is 19.5. The van der Waals surface area contributed by atoms with Gasteiger partial charge in [0.2, 0.25) is 11.8 Å².